The lowest BCUT2D eigenvalue weighted by Gasteiger charge is -2.17. The lowest BCUT2D eigenvalue weighted by Crippen LogP contribution is -2.41. The molecule has 1 aliphatic heterocycles. The van der Waals surface area contributed by atoms with Crippen molar-refractivity contribution in [3.8, 4) is 0 Å². The first-order valence-corrected chi connectivity index (χ1v) is 7.71. The standard InChI is InChI=1S/C16H18FN3O5/c1-2-18-16(24)19-13(21)9-25-15(23)10-7-14(22)20(8-10)12-6-4-3-5-11(12)17/h3-6,10H,2,7-9H2,1H3,(H2,18,19,21,24)/t10-/m1/s1. The number of amides is 4. The first kappa shape index (κ1) is 18.4. The molecule has 0 radical (unpaired) electrons. The molecule has 8 nitrogen and oxygen atoms in total. The monoisotopic (exact) mass is 351 g/mol. The van der Waals surface area contributed by atoms with Crippen molar-refractivity contribution in [1.82, 2.24) is 10.6 Å². The van der Waals surface area contributed by atoms with Gasteiger partial charge in [0.2, 0.25) is 5.91 Å². The van der Waals surface area contributed by atoms with Crippen LogP contribution in [0.3, 0.4) is 0 Å². The Bertz CT molecular complexity index is 694. The van der Waals surface area contributed by atoms with Gasteiger partial charge in [-0.1, -0.05) is 12.1 Å². The Kier molecular flexibility index (Phi) is 6.04. The van der Waals surface area contributed by atoms with E-state index in [1.165, 1.54) is 23.1 Å². The van der Waals surface area contributed by atoms with Gasteiger partial charge in [-0.25, -0.2) is 9.18 Å². The van der Waals surface area contributed by atoms with Crippen LogP contribution in [-0.2, 0) is 19.1 Å². The number of urea groups is 1. The van der Waals surface area contributed by atoms with Crippen LogP contribution in [0.1, 0.15) is 13.3 Å². The topological polar surface area (TPSA) is 105 Å². The number of benzene rings is 1. The van der Waals surface area contributed by atoms with Crippen molar-refractivity contribution >= 4 is 29.5 Å². The molecule has 1 saturated heterocycles. The van der Waals surface area contributed by atoms with E-state index in [0.29, 0.717) is 6.54 Å². The molecule has 2 N–H and O–H groups in total. The number of nitrogens with one attached hydrogen (secondary N) is 2. The highest BCUT2D eigenvalue weighted by Gasteiger charge is 2.37. The van der Waals surface area contributed by atoms with Gasteiger partial charge < -0.3 is 15.0 Å². The first-order chi connectivity index (χ1) is 11.9. The average molecular weight is 351 g/mol. The van der Waals surface area contributed by atoms with Crippen LogP contribution in [0.25, 0.3) is 0 Å². The third-order valence-corrected chi connectivity index (χ3v) is 3.54. The number of para-hydroxylation sites is 1. The van der Waals surface area contributed by atoms with Crippen LogP contribution in [0, 0.1) is 11.7 Å². The number of carbonyl (C=O) groups excluding carboxylic acids is 4. The van der Waals surface area contributed by atoms with E-state index in [0.717, 1.165) is 0 Å². The Hall–Kier alpha value is -2.97. The number of anilines is 1. The van der Waals surface area contributed by atoms with Gasteiger partial charge in [-0.2, -0.15) is 0 Å². The van der Waals surface area contributed by atoms with Crippen LogP contribution in [0.5, 0.6) is 0 Å². The molecule has 4 amide bonds. The van der Waals surface area contributed by atoms with Gasteiger partial charge in [0.1, 0.15) is 5.82 Å². The zero-order valence-electron chi connectivity index (χ0n) is 13.6. The molecule has 0 aromatic heterocycles. The van der Waals surface area contributed by atoms with Gasteiger partial charge in [-0.3, -0.25) is 19.7 Å². The van der Waals surface area contributed by atoms with Crippen molar-refractivity contribution in [2.24, 2.45) is 5.92 Å². The molecule has 1 aromatic carbocycles. The van der Waals surface area contributed by atoms with E-state index in [4.69, 9.17) is 4.74 Å². The van der Waals surface area contributed by atoms with Crippen LogP contribution >= 0.6 is 0 Å². The molecule has 1 heterocycles. The molecule has 2 rings (SSSR count). The lowest BCUT2D eigenvalue weighted by molar-refractivity contribution is -0.152. The summed E-state index contributed by atoms with van der Waals surface area (Å²) in [5, 5.41) is 4.34. The number of hydrogen-bond donors (Lipinski definition) is 2. The molecule has 0 bridgehead atoms. The number of nitrogens with zero attached hydrogens (tertiary/aromatic N) is 1. The molecule has 1 fully saturated rings. The maximum absolute atomic E-state index is 13.8. The minimum atomic E-state index is -0.802. The van der Waals surface area contributed by atoms with Crippen molar-refractivity contribution in [2.45, 2.75) is 13.3 Å². The predicted octanol–water partition coefficient (Wildman–Crippen LogP) is 0.568. The molecular formula is C16H18FN3O5. The summed E-state index contributed by atoms with van der Waals surface area (Å²) in [4.78, 5) is 47.8. The van der Waals surface area contributed by atoms with Gasteiger partial charge in [0.05, 0.1) is 11.6 Å². The van der Waals surface area contributed by atoms with Crippen molar-refractivity contribution in [3.63, 3.8) is 0 Å². The normalized spacial score (nSPS) is 16.5. The summed E-state index contributed by atoms with van der Waals surface area (Å²) in [5.74, 6) is -3.30. The largest absolute Gasteiger partial charge is 0.455 e. The van der Waals surface area contributed by atoms with E-state index < -0.39 is 42.2 Å². The highest BCUT2D eigenvalue weighted by Crippen LogP contribution is 2.27. The Morgan fingerprint density at radius 3 is 2.72 bits per heavy atom. The smallest absolute Gasteiger partial charge is 0.321 e. The molecule has 1 aliphatic rings. The second-order valence-corrected chi connectivity index (χ2v) is 5.37. The van der Waals surface area contributed by atoms with E-state index in [-0.39, 0.29) is 18.7 Å². The van der Waals surface area contributed by atoms with Crippen LogP contribution in [-0.4, -0.2) is 43.5 Å². The highest BCUT2D eigenvalue weighted by atomic mass is 19.1. The quantitative estimate of drug-likeness (QED) is 0.755. The summed E-state index contributed by atoms with van der Waals surface area (Å²) in [6.45, 7) is 1.36. The van der Waals surface area contributed by atoms with Crippen LogP contribution in [0.4, 0.5) is 14.9 Å². The number of halogens is 1. The Morgan fingerprint density at radius 2 is 2.04 bits per heavy atom. The van der Waals surface area contributed by atoms with E-state index in [9.17, 15) is 23.6 Å². The summed E-state index contributed by atoms with van der Waals surface area (Å²) in [7, 11) is 0. The van der Waals surface area contributed by atoms with Gasteiger partial charge in [0.15, 0.2) is 6.61 Å². The molecule has 9 heteroatoms. The number of rotatable bonds is 5. The Labute approximate surface area is 143 Å². The van der Waals surface area contributed by atoms with Crippen molar-refractivity contribution in [3.05, 3.63) is 30.1 Å². The lowest BCUT2D eigenvalue weighted by atomic mass is 10.1. The maximum atomic E-state index is 13.8. The molecule has 1 aromatic rings. The van der Waals surface area contributed by atoms with E-state index in [1.54, 1.807) is 13.0 Å². The van der Waals surface area contributed by atoms with Gasteiger partial charge >= 0.3 is 12.0 Å². The number of esters is 1. The fourth-order valence-corrected chi connectivity index (χ4v) is 2.39. The number of carbonyl (C=O) groups is 4. The van der Waals surface area contributed by atoms with Gasteiger partial charge in [-0.05, 0) is 19.1 Å². The fraction of sp³-hybridized carbons (Fsp3) is 0.375. The Morgan fingerprint density at radius 1 is 1.32 bits per heavy atom. The van der Waals surface area contributed by atoms with Gasteiger partial charge in [0, 0.05) is 19.5 Å². The van der Waals surface area contributed by atoms with Crippen molar-refractivity contribution in [2.75, 3.05) is 24.6 Å². The highest BCUT2D eigenvalue weighted by molar-refractivity contribution is 6.00. The van der Waals surface area contributed by atoms with Gasteiger partial charge in [0.25, 0.3) is 5.91 Å². The zero-order valence-corrected chi connectivity index (χ0v) is 13.6. The second kappa shape index (κ2) is 8.22. The third kappa shape index (κ3) is 4.75. The number of hydrogen-bond acceptors (Lipinski definition) is 5. The minimum absolute atomic E-state index is 0.0312. The minimum Gasteiger partial charge on any atom is -0.455 e. The van der Waals surface area contributed by atoms with E-state index in [1.807, 2.05) is 5.32 Å². The second-order valence-electron chi connectivity index (χ2n) is 5.37. The first-order valence-electron chi connectivity index (χ1n) is 7.71. The molecule has 0 aliphatic carbocycles. The molecule has 25 heavy (non-hydrogen) atoms. The van der Waals surface area contributed by atoms with Crippen LogP contribution in [0.2, 0.25) is 0 Å². The molecule has 134 valence electrons. The molecule has 1 atom stereocenters. The summed E-state index contributed by atoms with van der Waals surface area (Å²) in [6, 6.07) is 5.06. The molecule has 0 spiro atoms. The fourth-order valence-electron chi connectivity index (χ4n) is 2.39. The van der Waals surface area contributed by atoms with Gasteiger partial charge in [-0.15, -0.1) is 0 Å². The van der Waals surface area contributed by atoms with Crippen molar-refractivity contribution < 1.29 is 28.3 Å². The third-order valence-electron chi connectivity index (χ3n) is 3.54. The number of imide groups is 1. The van der Waals surface area contributed by atoms with Crippen LogP contribution < -0.4 is 15.5 Å². The van der Waals surface area contributed by atoms with Crippen LogP contribution in [0.15, 0.2) is 24.3 Å². The summed E-state index contributed by atoms with van der Waals surface area (Å²) in [5.41, 5.74) is 0.0942. The summed E-state index contributed by atoms with van der Waals surface area (Å²) >= 11 is 0. The molecule has 0 unspecified atom stereocenters. The van der Waals surface area contributed by atoms with E-state index in [2.05, 4.69) is 5.32 Å². The Balaban J connectivity index is 1.87. The SMILES string of the molecule is CCNC(=O)NC(=O)COC(=O)[C@@H]1CC(=O)N(c2ccccc2F)C1. The number of ether oxygens (including phenoxy) is 1. The van der Waals surface area contributed by atoms with E-state index >= 15 is 0 Å². The maximum Gasteiger partial charge on any atom is 0.321 e. The molecular weight excluding hydrogens is 333 g/mol. The van der Waals surface area contributed by atoms with Crippen molar-refractivity contribution in [1.29, 1.82) is 0 Å². The molecule has 0 saturated carbocycles. The average Bonchev–Trinajstić information content (AvgIpc) is 2.95. The predicted molar refractivity (Wildman–Crippen MR) is 85.0 cm³/mol. The summed E-state index contributed by atoms with van der Waals surface area (Å²) in [6.07, 6.45) is -0.134. The zero-order chi connectivity index (χ0) is 18.4. The summed E-state index contributed by atoms with van der Waals surface area (Å²) < 4.78 is 18.6.